The number of nitrogens with zero attached hydrogens (tertiary/aromatic N) is 2. The van der Waals surface area contributed by atoms with Crippen molar-refractivity contribution in [2.45, 2.75) is 13.8 Å². The van der Waals surface area contributed by atoms with Crippen LogP contribution in [0.5, 0.6) is 11.5 Å². The molecule has 0 spiro atoms. The molecule has 2 aromatic rings. The van der Waals surface area contributed by atoms with Crippen molar-refractivity contribution in [3.63, 3.8) is 0 Å². The maximum atomic E-state index is 5.45. The van der Waals surface area contributed by atoms with E-state index < -0.39 is 0 Å². The average molecular weight is 335 g/mol. The molecule has 0 bridgehead atoms. The largest absolute Gasteiger partial charge is 0.454 e. The highest BCUT2D eigenvalue weighted by molar-refractivity contribution is 9.10. The lowest BCUT2D eigenvalue weighted by Gasteiger charge is -2.22. The van der Waals surface area contributed by atoms with E-state index in [4.69, 9.17) is 9.47 Å². The summed E-state index contributed by atoms with van der Waals surface area (Å²) in [5, 5.41) is 0. The third-order valence-corrected chi connectivity index (χ3v) is 3.82. The van der Waals surface area contributed by atoms with Gasteiger partial charge in [0.05, 0.1) is 0 Å². The summed E-state index contributed by atoms with van der Waals surface area (Å²) < 4.78 is 11.8. The number of aryl methyl sites for hydroxylation is 2. The molecule has 5 heteroatoms. The summed E-state index contributed by atoms with van der Waals surface area (Å²) in [6, 6.07) is 6.06. The van der Waals surface area contributed by atoms with Gasteiger partial charge in [0.25, 0.3) is 0 Å². The fraction of sp³-hybridized carbons (Fsp3) is 0.267. The fourth-order valence-electron chi connectivity index (χ4n) is 2.39. The van der Waals surface area contributed by atoms with E-state index in [9.17, 15) is 0 Å². The smallest absolute Gasteiger partial charge is 0.231 e. The van der Waals surface area contributed by atoms with E-state index in [1.165, 1.54) is 0 Å². The molecule has 0 amide bonds. The van der Waals surface area contributed by atoms with E-state index in [0.717, 1.165) is 38.6 Å². The zero-order valence-electron chi connectivity index (χ0n) is 11.6. The Hall–Kier alpha value is -1.75. The Balaban J connectivity index is 2.04. The van der Waals surface area contributed by atoms with Gasteiger partial charge in [-0.15, -0.1) is 0 Å². The number of fused-ring (bicyclic) bond motifs is 1. The molecule has 0 atom stereocenters. The lowest BCUT2D eigenvalue weighted by molar-refractivity contribution is 0.174. The lowest BCUT2D eigenvalue weighted by atomic mass is 10.1. The van der Waals surface area contributed by atoms with Gasteiger partial charge >= 0.3 is 0 Å². The number of halogens is 1. The van der Waals surface area contributed by atoms with E-state index >= 15 is 0 Å². The molecule has 1 aromatic heterocycles. The lowest BCUT2D eigenvalue weighted by Crippen LogP contribution is -2.13. The third kappa shape index (κ3) is 2.22. The normalized spacial score (nSPS) is 12.6. The second-order valence-electron chi connectivity index (χ2n) is 4.85. The first-order chi connectivity index (χ1) is 9.56. The van der Waals surface area contributed by atoms with Gasteiger partial charge in [0.15, 0.2) is 11.5 Å². The summed E-state index contributed by atoms with van der Waals surface area (Å²) in [5.41, 5.74) is 3.30. The Bertz CT molecular complexity index is 673. The van der Waals surface area contributed by atoms with Crippen LogP contribution in [0.3, 0.4) is 0 Å². The van der Waals surface area contributed by atoms with Gasteiger partial charge in [-0.1, -0.05) is 0 Å². The van der Waals surface area contributed by atoms with Crippen molar-refractivity contribution >= 4 is 27.4 Å². The number of anilines is 2. The molecule has 0 radical (unpaired) electrons. The number of aromatic nitrogens is 1. The van der Waals surface area contributed by atoms with E-state index in [0.29, 0.717) is 0 Å². The average Bonchev–Trinajstić information content (AvgIpc) is 2.84. The standard InChI is InChI=1S/C15H15BrN2O2/c1-9-5-13-14(20-8-19-13)6-12(9)18(3)15-10(2)4-11(16)7-17-15/h4-7H,8H2,1-3H3. The summed E-state index contributed by atoms with van der Waals surface area (Å²) in [4.78, 5) is 6.56. The molecule has 1 aliphatic heterocycles. The van der Waals surface area contributed by atoms with E-state index in [1.54, 1.807) is 6.20 Å². The van der Waals surface area contributed by atoms with Crippen LogP contribution in [0.4, 0.5) is 11.5 Å². The number of ether oxygens (including phenoxy) is 2. The number of rotatable bonds is 2. The molecular weight excluding hydrogens is 320 g/mol. The molecule has 20 heavy (non-hydrogen) atoms. The van der Waals surface area contributed by atoms with Crippen LogP contribution in [0.1, 0.15) is 11.1 Å². The van der Waals surface area contributed by atoms with Crippen LogP contribution in [0.2, 0.25) is 0 Å². The molecule has 0 saturated carbocycles. The van der Waals surface area contributed by atoms with Crippen LogP contribution >= 0.6 is 15.9 Å². The van der Waals surface area contributed by atoms with Crippen LogP contribution in [0.25, 0.3) is 0 Å². The highest BCUT2D eigenvalue weighted by Crippen LogP contribution is 2.39. The van der Waals surface area contributed by atoms with Gasteiger partial charge in [-0.2, -0.15) is 0 Å². The zero-order chi connectivity index (χ0) is 14.3. The summed E-state index contributed by atoms with van der Waals surface area (Å²) in [5.74, 6) is 2.52. The number of hydrogen-bond donors (Lipinski definition) is 0. The van der Waals surface area contributed by atoms with Crippen molar-refractivity contribution in [3.05, 3.63) is 40.0 Å². The topological polar surface area (TPSA) is 34.6 Å². The fourth-order valence-corrected chi connectivity index (χ4v) is 2.84. The first kappa shape index (κ1) is 13.2. The number of hydrogen-bond acceptors (Lipinski definition) is 4. The third-order valence-electron chi connectivity index (χ3n) is 3.39. The summed E-state index contributed by atoms with van der Waals surface area (Å²) in [6.45, 7) is 4.39. The summed E-state index contributed by atoms with van der Waals surface area (Å²) in [7, 11) is 2.01. The van der Waals surface area contributed by atoms with Crippen molar-refractivity contribution in [3.8, 4) is 11.5 Å². The van der Waals surface area contributed by atoms with Gasteiger partial charge in [0.1, 0.15) is 5.82 Å². The van der Waals surface area contributed by atoms with Gasteiger partial charge in [-0.3, -0.25) is 0 Å². The maximum Gasteiger partial charge on any atom is 0.231 e. The highest BCUT2D eigenvalue weighted by Gasteiger charge is 2.19. The molecule has 3 rings (SSSR count). The zero-order valence-corrected chi connectivity index (χ0v) is 13.2. The Morgan fingerprint density at radius 1 is 1.10 bits per heavy atom. The summed E-state index contributed by atoms with van der Waals surface area (Å²) in [6.07, 6.45) is 1.81. The first-order valence-electron chi connectivity index (χ1n) is 6.32. The van der Waals surface area contributed by atoms with Crippen LogP contribution < -0.4 is 14.4 Å². The first-order valence-corrected chi connectivity index (χ1v) is 7.11. The van der Waals surface area contributed by atoms with E-state index in [2.05, 4.69) is 38.8 Å². The number of pyridine rings is 1. The molecule has 0 unspecified atom stereocenters. The second kappa shape index (κ2) is 4.98. The molecule has 4 nitrogen and oxygen atoms in total. The van der Waals surface area contributed by atoms with Gasteiger partial charge in [0, 0.05) is 29.5 Å². The Labute approximate surface area is 126 Å². The Kier molecular flexibility index (Phi) is 3.30. The maximum absolute atomic E-state index is 5.45. The van der Waals surface area contributed by atoms with E-state index in [-0.39, 0.29) is 6.79 Å². The van der Waals surface area contributed by atoms with Gasteiger partial charge in [-0.05, 0) is 53.0 Å². The predicted molar refractivity (Wildman–Crippen MR) is 82.0 cm³/mol. The monoisotopic (exact) mass is 334 g/mol. The van der Waals surface area contributed by atoms with Gasteiger partial charge < -0.3 is 14.4 Å². The van der Waals surface area contributed by atoms with Crippen LogP contribution in [-0.4, -0.2) is 18.8 Å². The molecule has 1 aliphatic rings. The van der Waals surface area contributed by atoms with E-state index in [1.807, 2.05) is 26.1 Å². The Morgan fingerprint density at radius 3 is 2.50 bits per heavy atom. The van der Waals surface area contributed by atoms with Crippen molar-refractivity contribution in [2.75, 3.05) is 18.7 Å². The minimum atomic E-state index is 0.289. The van der Waals surface area contributed by atoms with Gasteiger partial charge in [0.2, 0.25) is 6.79 Å². The van der Waals surface area contributed by atoms with Gasteiger partial charge in [-0.25, -0.2) is 4.98 Å². The highest BCUT2D eigenvalue weighted by atomic mass is 79.9. The molecular formula is C15H15BrN2O2. The van der Waals surface area contributed by atoms with Crippen LogP contribution in [0, 0.1) is 13.8 Å². The molecule has 0 aliphatic carbocycles. The predicted octanol–water partition coefficient (Wildman–Crippen LogP) is 3.96. The van der Waals surface area contributed by atoms with Crippen molar-refractivity contribution in [1.29, 1.82) is 0 Å². The molecule has 0 saturated heterocycles. The molecule has 1 aromatic carbocycles. The second-order valence-corrected chi connectivity index (χ2v) is 5.76. The molecule has 2 heterocycles. The van der Waals surface area contributed by atoms with Crippen molar-refractivity contribution in [2.24, 2.45) is 0 Å². The van der Waals surface area contributed by atoms with Crippen molar-refractivity contribution < 1.29 is 9.47 Å². The van der Waals surface area contributed by atoms with Crippen LogP contribution in [-0.2, 0) is 0 Å². The number of benzene rings is 1. The quantitative estimate of drug-likeness (QED) is 0.832. The minimum Gasteiger partial charge on any atom is -0.454 e. The molecule has 104 valence electrons. The Morgan fingerprint density at radius 2 is 1.80 bits per heavy atom. The van der Waals surface area contributed by atoms with Crippen LogP contribution in [0.15, 0.2) is 28.9 Å². The SMILES string of the molecule is Cc1cc2c(cc1N(C)c1ncc(Br)cc1C)OCO2. The summed E-state index contributed by atoms with van der Waals surface area (Å²) >= 11 is 3.44. The minimum absolute atomic E-state index is 0.289. The molecule has 0 N–H and O–H groups in total. The van der Waals surface area contributed by atoms with Crippen molar-refractivity contribution in [1.82, 2.24) is 4.98 Å². The molecule has 0 fully saturated rings.